The minimum absolute atomic E-state index is 0.00875. The highest BCUT2D eigenvalue weighted by molar-refractivity contribution is 7.87. The van der Waals surface area contributed by atoms with Crippen LogP contribution in [-0.2, 0) is 10.2 Å². The molecule has 0 bridgehead atoms. The quantitative estimate of drug-likeness (QED) is 0.555. The van der Waals surface area contributed by atoms with Gasteiger partial charge in [0.1, 0.15) is 0 Å². The van der Waals surface area contributed by atoms with Crippen molar-refractivity contribution in [3.05, 3.63) is 0 Å². The molecule has 0 aromatic heterocycles. The Balaban J connectivity index is 3.92. The third-order valence-electron chi connectivity index (χ3n) is 2.09. The van der Waals surface area contributed by atoms with Crippen LogP contribution in [-0.4, -0.2) is 26.2 Å². The highest BCUT2D eigenvalue weighted by Gasteiger charge is 2.16. The minimum atomic E-state index is -3.68. The molecule has 5 nitrogen and oxygen atoms in total. The van der Waals surface area contributed by atoms with Crippen molar-refractivity contribution >= 4 is 10.2 Å². The molecule has 0 fully saturated rings. The summed E-state index contributed by atoms with van der Waals surface area (Å²) >= 11 is 0. The Morgan fingerprint density at radius 1 is 1.38 bits per heavy atom. The van der Waals surface area contributed by atoms with E-state index < -0.39 is 16.3 Å². The summed E-state index contributed by atoms with van der Waals surface area (Å²) in [7, 11) is -3.68. The average molecular weight is 210 g/mol. The summed E-state index contributed by atoms with van der Waals surface area (Å²) < 4.78 is 23.1. The molecule has 13 heavy (non-hydrogen) atoms. The van der Waals surface area contributed by atoms with Crippen LogP contribution >= 0.6 is 0 Å². The molecule has 1 unspecified atom stereocenters. The standard InChI is InChI=1S/C7H18N2O3S/c1-3-6(4-2)7(10)5-9-13(8,11)12/h6-7,9-10H,3-5H2,1-2H3,(H2,8,11,12). The van der Waals surface area contributed by atoms with Crippen LogP contribution in [0.3, 0.4) is 0 Å². The maximum Gasteiger partial charge on any atom is 0.274 e. The first-order valence-corrected chi connectivity index (χ1v) is 5.90. The molecule has 0 saturated carbocycles. The molecule has 4 N–H and O–H groups in total. The van der Waals surface area contributed by atoms with Crippen molar-refractivity contribution in [3.63, 3.8) is 0 Å². The van der Waals surface area contributed by atoms with Gasteiger partial charge in [0.25, 0.3) is 10.2 Å². The van der Waals surface area contributed by atoms with Crippen molar-refractivity contribution in [3.8, 4) is 0 Å². The molecule has 1 atom stereocenters. The predicted molar refractivity (Wildman–Crippen MR) is 51.2 cm³/mol. The molecule has 0 amide bonds. The van der Waals surface area contributed by atoms with Crippen molar-refractivity contribution in [2.45, 2.75) is 32.8 Å². The third kappa shape index (κ3) is 5.98. The number of aliphatic hydroxyl groups is 1. The highest BCUT2D eigenvalue weighted by Crippen LogP contribution is 2.12. The molecule has 0 radical (unpaired) electrons. The molecule has 0 aliphatic heterocycles. The summed E-state index contributed by atoms with van der Waals surface area (Å²) in [5, 5.41) is 14.2. The molecule has 0 saturated heterocycles. The van der Waals surface area contributed by atoms with Gasteiger partial charge in [0.15, 0.2) is 0 Å². The first-order valence-electron chi connectivity index (χ1n) is 4.36. The molecule has 0 heterocycles. The largest absolute Gasteiger partial charge is 0.391 e. The molecule has 0 aliphatic rings. The number of nitrogens with one attached hydrogen (secondary N) is 1. The maximum absolute atomic E-state index is 10.5. The number of hydrogen-bond donors (Lipinski definition) is 3. The van der Waals surface area contributed by atoms with Gasteiger partial charge in [0.05, 0.1) is 6.10 Å². The van der Waals surface area contributed by atoms with Crippen molar-refractivity contribution in [1.29, 1.82) is 0 Å². The van der Waals surface area contributed by atoms with E-state index in [2.05, 4.69) is 4.72 Å². The summed E-state index contributed by atoms with van der Waals surface area (Å²) in [4.78, 5) is 0. The third-order valence-corrected chi connectivity index (χ3v) is 2.66. The first kappa shape index (κ1) is 12.8. The summed E-state index contributed by atoms with van der Waals surface area (Å²) in [5.41, 5.74) is 0. The number of hydrogen-bond acceptors (Lipinski definition) is 3. The van der Waals surface area contributed by atoms with E-state index in [1.165, 1.54) is 0 Å². The summed E-state index contributed by atoms with van der Waals surface area (Å²) in [5.74, 6) is 0.120. The molecular formula is C7H18N2O3S. The lowest BCUT2D eigenvalue weighted by molar-refractivity contribution is 0.107. The molecular weight excluding hydrogens is 192 g/mol. The molecule has 0 rings (SSSR count). The van der Waals surface area contributed by atoms with E-state index in [9.17, 15) is 13.5 Å². The fourth-order valence-electron chi connectivity index (χ4n) is 1.20. The average Bonchev–Trinajstić information content (AvgIpc) is 2.02. The Morgan fingerprint density at radius 3 is 2.15 bits per heavy atom. The van der Waals surface area contributed by atoms with Crippen molar-refractivity contribution in [1.82, 2.24) is 4.72 Å². The molecule has 80 valence electrons. The van der Waals surface area contributed by atoms with Gasteiger partial charge in [-0.2, -0.15) is 13.1 Å². The molecule has 0 aromatic carbocycles. The van der Waals surface area contributed by atoms with E-state index in [-0.39, 0.29) is 12.5 Å². The van der Waals surface area contributed by atoms with Crippen LogP contribution in [0, 0.1) is 5.92 Å². The Hall–Kier alpha value is -0.170. The predicted octanol–water partition coefficient (Wildman–Crippen LogP) is -0.423. The highest BCUT2D eigenvalue weighted by atomic mass is 32.2. The van der Waals surface area contributed by atoms with Gasteiger partial charge < -0.3 is 5.11 Å². The first-order chi connectivity index (χ1) is 5.90. The molecule has 0 aliphatic carbocycles. The van der Waals surface area contributed by atoms with Gasteiger partial charge >= 0.3 is 0 Å². The Bertz CT molecular complexity index is 224. The van der Waals surface area contributed by atoms with Gasteiger partial charge in [-0.1, -0.05) is 26.7 Å². The van der Waals surface area contributed by atoms with Crippen LogP contribution in [0.25, 0.3) is 0 Å². The topological polar surface area (TPSA) is 92.4 Å². The number of nitrogens with two attached hydrogens (primary N) is 1. The molecule has 0 aromatic rings. The second kappa shape index (κ2) is 5.54. The maximum atomic E-state index is 10.5. The van der Waals surface area contributed by atoms with E-state index in [1.807, 2.05) is 13.8 Å². The molecule has 0 spiro atoms. The van der Waals surface area contributed by atoms with Gasteiger partial charge in [0.2, 0.25) is 0 Å². The molecule has 6 heteroatoms. The lowest BCUT2D eigenvalue weighted by atomic mass is 9.97. The lowest BCUT2D eigenvalue weighted by Gasteiger charge is -2.19. The Morgan fingerprint density at radius 2 is 1.85 bits per heavy atom. The van der Waals surface area contributed by atoms with Gasteiger partial charge in [-0.05, 0) is 5.92 Å². The van der Waals surface area contributed by atoms with Crippen molar-refractivity contribution in [2.75, 3.05) is 6.54 Å². The second-order valence-electron chi connectivity index (χ2n) is 3.04. The van der Waals surface area contributed by atoms with Crippen LogP contribution in [0.2, 0.25) is 0 Å². The van der Waals surface area contributed by atoms with E-state index in [4.69, 9.17) is 5.14 Å². The van der Waals surface area contributed by atoms with Gasteiger partial charge in [-0.3, -0.25) is 0 Å². The van der Waals surface area contributed by atoms with E-state index >= 15 is 0 Å². The fourth-order valence-corrected chi connectivity index (χ4v) is 1.60. The Labute approximate surface area is 79.5 Å². The van der Waals surface area contributed by atoms with E-state index in [1.54, 1.807) is 0 Å². The fraction of sp³-hybridized carbons (Fsp3) is 1.00. The second-order valence-corrected chi connectivity index (χ2v) is 4.42. The number of aliphatic hydroxyl groups excluding tert-OH is 1. The SMILES string of the molecule is CCC(CC)C(O)CNS(N)(=O)=O. The minimum Gasteiger partial charge on any atom is -0.391 e. The van der Waals surface area contributed by atoms with E-state index in [0.717, 1.165) is 12.8 Å². The summed E-state index contributed by atoms with van der Waals surface area (Å²) in [6, 6.07) is 0. The zero-order chi connectivity index (χ0) is 10.5. The van der Waals surface area contributed by atoms with Crippen LogP contribution < -0.4 is 9.86 Å². The smallest absolute Gasteiger partial charge is 0.274 e. The zero-order valence-electron chi connectivity index (χ0n) is 8.03. The van der Waals surface area contributed by atoms with E-state index in [0.29, 0.717) is 0 Å². The monoisotopic (exact) mass is 210 g/mol. The van der Waals surface area contributed by atoms with Crippen molar-refractivity contribution < 1.29 is 13.5 Å². The van der Waals surface area contributed by atoms with Crippen LogP contribution in [0.1, 0.15) is 26.7 Å². The van der Waals surface area contributed by atoms with Crippen LogP contribution in [0.5, 0.6) is 0 Å². The van der Waals surface area contributed by atoms with Crippen LogP contribution in [0.15, 0.2) is 0 Å². The summed E-state index contributed by atoms with van der Waals surface area (Å²) in [6.45, 7) is 3.90. The van der Waals surface area contributed by atoms with Gasteiger partial charge in [-0.25, -0.2) is 5.14 Å². The van der Waals surface area contributed by atoms with Gasteiger partial charge in [0, 0.05) is 6.54 Å². The Kier molecular flexibility index (Phi) is 5.46. The lowest BCUT2D eigenvalue weighted by Crippen LogP contribution is -2.39. The van der Waals surface area contributed by atoms with Crippen LogP contribution in [0.4, 0.5) is 0 Å². The van der Waals surface area contributed by atoms with Crippen molar-refractivity contribution in [2.24, 2.45) is 11.1 Å². The summed E-state index contributed by atoms with van der Waals surface area (Å²) in [6.07, 6.45) is 0.988. The number of rotatable bonds is 6. The normalized spacial score (nSPS) is 14.8. The van der Waals surface area contributed by atoms with Gasteiger partial charge in [-0.15, -0.1) is 0 Å². The zero-order valence-corrected chi connectivity index (χ0v) is 8.84.